The summed E-state index contributed by atoms with van der Waals surface area (Å²) in [6.07, 6.45) is 4.80. The van der Waals surface area contributed by atoms with E-state index >= 15 is 0 Å². The molecule has 0 aromatic carbocycles. The lowest BCUT2D eigenvalue weighted by atomic mass is 9.95. The number of nitrogens with zero attached hydrogens (tertiary/aromatic N) is 2. The molecular weight excluding hydrogens is 472 g/mol. The van der Waals surface area contributed by atoms with E-state index < -0.39 is 6.04 Å². The van der Waals surface area contributed by atoms with E-state index in [1.807, 2.05) is 51.3 Å². The van der Waals surface area contributed by atoms with Gasteiger partial charge in [0.25, 0.3) is 0 Å². The van der Waals surface area contributed by atoms with E-state index in [4.69, 9.17) is 0 Å². The molecule has 1 aromatic rings. The number of carbonyl (C=O) groups excluding carboxylic acids is 3. The normalized spacial score (nSPS) is 18.9. The Kier molecular flexibility index (Phi) is 11.6. The van der Waals surface area contributed by atoms with Crippen LogP contribution in [0.3, 0.4) is 0 Å². The summed E-state index contributed by atoms with van der Waals surface area (Å²) in [6, 6.07) is 3.13. The molecule has 3 atom stereocenters. The molecule has 1 fully saturated rings. The number of piperidine rings is 1. The fraction of sp³-hybridized carbons (Fsp3) is 0.679. The second kappa shape index (κ2) is 13.9. The van der Waals surface area contributed by atoms with Crippen LogP contribution in [-0.4, -0.2) is 65.3 Å². The second-order valence-electron chi connectivity index (χ2n) is 10.9. The first-order valence-electron chi connectivity index (χ1n) is 13.3. The Labute approximate surface area is 221 Å². The van der Waals surface area contributed by atoms with E-state index in [2.05, 4.69) is 29.4 Å². The van der Waals surface area contributed by atoms with Crippen LogP contribution in [0.25, 0.3) is 0 Å². The standard InChI is InChI=1S/C28H46N4O3S/c1-18(2)24(16-21(7)26(33)29-17-22-12-11-15-36-22)31(8)28(35)25(19(3)4)30-27(34)23-13-9-10-14-32(23)20(5)6/h11-12,15-16,18-20,23-25H,9-10,13-14,17H2,1-8H3,(H,29,33)(H,30,34)/b21-16+/t23-,24-,25+/m1/s1. The maximum absolute atomic E-state index is 13.7. The third kappa shape index (κ3) is 8.17. The van der Waals surface area contributed by atoms with Crippen LogP contribution in [-0.2, 0) is 20.9 Å². The molecule has 1 saturated heterocycles. The van der Waals surface area contributed by atoms with Crippen LogP contribution < -0.4 is 10.6 Å². The van der Waals surface area contributed by atoms with Crippen molar-refractivity contribution in [3.63, 3.8) is 0 Å². The molecule has 0 radical (unpaired) electrons. The SMILES string of the molecule is C/C(=C\[C@H](C(C)C)N(C)C(=O)[C@@H](NC(=O)[C@H]1CCCCN1C(C)C)C(C)C)C(=O)NCc1cccs1. The molecule has 2 N–H and O–H groups in total. The predicted molar refractivity (Wildman–Crippen MR) is 148 cm³/mol. The topological polar surface area (TPSA) is 81.8 Å². The number of likely N-dealkylation sites (N-methyl/N-ethyl adjacent to an activating group) is 1. The molecule has 2 heterocycles. The van der Waals surface area contributed by atoms with E-state index in [-0.39, 0.29) is 47.7 Å². The Morgan fingerprint density at radius 3 is 2.39 bits per heavy atom. The van der Waals surface area contributed by atoms with Gasteiger partial charge >= 0.3 is 0 Å². The first kappa shape index (κ1) is 30.0. The lowest BCUT2D eigenvalue weighted by molar-refractivity contribution is -0.140. The lowest BCUT2D eigenvalue weighted by Gasteiger charge is -2.39. The highest BCUT2D eigenvalue weighted by molar-refractivity contribution is 7.09. The monoisotopic (exact) mass is 518 g/mol. The van der Waals surface area contributed by atoms with Crippen LogP contribution in [0.5, 0.6) is 0 Å². The van der Waals surface area contributed by atoms with Crippen molar-refractivity contribution in [2.24, 2.45) is 11.8 Å². The molecule has 0 spiro atoms. The maximum Gasteiger partial charge on any atom is 0.246 e. The number of thiophene rings is 1. The van der Waals surface area contributed by atoms with Gasteiger partial charge in [-0.1, -0.05) is 46.3 Å². The van der Waals surface area contributed by atoms with Gasteiger partial charge in [0.05, 0.1) is 18.6 Å². The Bertz CT molecular complexity index is 895. The summed E-state index contributed by atoms with van der Waals surface area (Å²) in [4.78, 5) is 44.7. The first-order chi connectivity index (χ1) is 16.9. The maximum atomic E-state index is 13.7. The highest BCUT2D eigenvalue weighted by Gasteiger charge is 2.36. The molecular formula is C28H46N4O3S. The molecule has 1 aromatic heterocycles. The molecule has 7 nitrogen and oxygen atoms in total. The summed E-state index contributed by atoms with van der Waals surface area (Å²) in [6.45, 7) is 15.4. The zero-order chi connectivity index (χ0) is 27.0. The van der Waals surface area contributed by atoms with E-state index in [0.717, 1.165) is 30.7 Å². The number of carbonyl (C=O) groups is 3. The van der Waals surface area contributed by atoms with Crippen LogP contribution >= 0.6 is 11.3 Å². The van der Waals surface area contributed by atoms with Crippen LogP contribution in [0.15, 0.2) is 29.2 Å². The van der Waals surface area contributed by atoms with E-state index in [9.17, 15) is 14.4 Å². The molecule has 36 heavy (non-hydrogen) atoms. The van der Waals surface area contributed by atoms with Crippen molar-refractivity contribution in [3.8, 4) is 0 Å². The minimum Gasteiger partial charge on any atom is -0.347 e. The Hall–Kier alpha value is -2.19. The van der Waals surface area contributed by atoms with Gasteiger partial charge in [-0.3, -0.25) is 19.3 Å². The van der Waals surface area contributed by atoms with Gasteiger partial charge < -0.3 is 15.5 Å². The van der Waals surface area contributed by atoms with Gasteiger partial charge in [0.2, 0.25) is 17.7 Å². The second-order valence-corrected chi connectivity index (χ2v) is 11.9. The number of rotatable bonds is 11. The van der Waals surface area contributed by atoms with Gasteiger partial charge in [-0.2, -0.15) is 0 Å². The van der Waals surface area contributed by atoms with Gasteiger partial charge in [0.1, 0.15) is 6.04 Å². The minimum atomic E-state index is -0.624. The lowest BCUT2D eigenvalue weighted by Crippen LogP contribution is -2.58. The average molecular weight is 519 g/mol. The fourth-order valence-corrected chi connectivity index (χ4v) is 5.43. The zero-order valence-corrected chi connectivity index (χ0v) is 24.2. The Morgan fingerprint density at radius 2 is 1.83 bits per heavy atom. The number of nitrogens with one attached hydrogen (secondary N) is 2. The van der Waals surface area contributed by atoms with Gasteiger partial charge in [-0.25, -0.2) is 0 Å². The van der Waals surface area contributed by atoms with E-state index in [1.165, 1.54) is 0 Å². The van der Waals surface area contributed by atoms with Crippen LogP contribution in [0.1, 0.15) is 72.6 Å². The molecule has 1 aliphatic heterocycles. The zero-order valence-electron chi connectivity index (χ0n) is 23.3. The largest absolute Gasteiger partial charge is 0.347 e. The summed E-state index contributed by atoms with van der Waals surface area (Å²) >= 11 is 1.60. The van der Waals surface area contributed by atoms with E-state index in [1.54, 1.807) is 30.2 Å². The number of hydrogen-bond donors (Lipinski definition) is 2. The van der Waals surface area contributed by atoms with Crippen molar-refractivity contribution in [1.82, 2.24) is 20.4 Å². The molecule has 8 heteroatoms. The van der Waals surface area contributed by atoms with Crippen molar-refractivity contribution < 1.29 is 14.4 Å². The highest BCUT2D eigenvalue weighted by Crippen LogP contribution is 2.21. The Balaban J connectivity index is 2.13. The molecule has 0 saturated carbocycles. The summed E-state index contributed by atoms with van der Waals surface area (Å²) < 4.78 is 0. The minimum absolute atomic E-state index is 0.0630. The van der Waals surface area contributed by atoms with Gasteiger partial charge in [-0.05, 0) is 63.4 Å². The van der Waals surface area contributed by atoms with Crippen LogP contribution in [0, 0.1) is 11.8 Å². The van der Waals surface area contributed by atoms with Crippen LogP contribution in [0.4, 0.5) is 0 Å². The molecule has 0 bridgehead atoms. The van der Waals surface area contributed by atoms with Crippen molar-refractivity contribution >= 4 is 29.1 Å². The molecule has 0 aliphatic carbocycles. The predicted octanol–water partition coefficient (Wildman–Crippen LogP) is 4.20. The average Bonchev–Trinajstić information content (AvgIpc) is 3.36. The van der Waals surface area contributed by atoms with Crippen LogP contribution in [0.2, 0.25) is 0 Å². The van der Waals surface area contributed by atoms with Crippen molar-refractivity contribution in [2.45, 2.75) is 98.4 Å². The summed E-state index contributed by atoms with van der Waals surface area (Å²) in [5.41, 5.74) is 0.574. The summed E-state index contributed by atoms with van der Waals surface area (Å²) in [5, 5.41) is 8.02. The van der Waals surface area contributed by atoms with Gasteiger partial charge in [0, 0.05) is 23.5 Å². The summed E-state index contributed by atoms with van der Waals surface area (Å²) in [5.74, 6) is -0.310. The smallest absolute Gasteiger partial charge is 0.246 e. The molecule has 202 valence electrons. The summed E-state index contributed by atoms with van der Waals surface area (Å²) in [7, 11) is 1.77. The van der Waals surface area contributed by atoms with E-state index in [0.29, 0.717) is 12.1 Å². The molecule has 2 rings (SSSR count). The number of likely N-dealkylation sites (tertiary alicyclic amines) is 1. The van der Waals surface area contributed by atoms with Gasteiger partial charge in [-0.15, -0.1) is 11.3 Å². The highest BCUT2D eigenvalue weighted by atomic mass is 32.1. The fourth-order valence-electron chi connectivity index (χ4n) is 4.79. The third-order valence-corrected chi connectivity index (χ3v) is 7.88. The molecule has 0 unspecified atom stereocenters. The van der Waals surface area contributed by atoms with Crippen molar-refractivity contribution in [1.29, 1.82) is 0 Å². The number of hydrogen-bond acceptors (Lipinski definition) is 5. The van der Waals surface area contributed by atoms with Gasteiger partial charge in [0.15, 0.2) is 0 Å². The molecule has 3 amide bonds. The number of amides is 3. The first-order valence-corrected chi connectivity index (χ1v) is 14.1. The quantitative estimate of drug-likeness (QED) is 0.430. The van der Waals surface area contributed by atoms with Crippen molar-refractivity contribution in [2.75, 3.05) is 13.6 Å². The van der Waals surface area contributed by atoms with Crippen molar-refractivity contribution in [3.05, 3.63) is 34.0 Å². The third-order valence-electron chi connectivity index (χ3n) is 7.00. The molecule has 1 aliphatic rings. The Morgan fingerprint density at radius 1 is 1.14 bits per heavy atom.